The van der Waals surface area contributed by atoms with Crippen molar-refractivity contribution in [2.45, 2.75) is 39.7 Å². The number of nitrogens with zero attached hydrogens (tertiary/aromatic N) is 2. The third kappa shape index (κ3) is 4.96. The first-order valence-corrected chi connectivity index (χ1v) is 7.20. The first kappa shape index (κ1) is 15.5. The number of aryl methyl sites for hydroxylation is 1. The molecule has 0 aliphatic carbocycles. The molecular weight excluding hydrogens is 242 g/mol. The van der Waals surface area contributed by atoms with E-state index in [1.165, 1.54) is 12.0 Å². The van der Waals surface area contributed by atoms with Gasteiger partial charge in [-0.05, 0) is 44.5 Å². The van der Waals surface area contributed by atoms with Gasteiger partial charge in [0.05, 0.1) is 11.7 Å². The molecule has 0 fully saturated rings. The van der Waals surface area contributed by atoms with Crippen LogP contribution in [0.3, 0.4) is 0 Å². The summed E-state index contributed by atoms with van der Waals surface area (Å²) in [5.74, 6) is 0. The van der Waals surface area contributed by atoms with Crippen LogP contribution in [0.25, 0.3) is 0 Å². The molecule has 1 rings (SSSR count). The SMILES string of the molecule is CCCN(CC)CCC(NS)c1ccc(C)cn1. The zero-order valence-electron chi connectivity index (χ0n) is 11.7. The molecular formula is C14H25N3S. The molecule has 0 aliphatic rings. The molecule has 1 unspecified atom stereocenters. The van der Waals surface area contributed by atoms with Gasteiger partial charge < -0.3 is 4.90 Å². The van der Waals surface area contributed by atoms with Crippen LogP contribution in [0.15, 0.2) is 18.3 Å². The molecule has 0 radical (unpaired) electrons. The summed E-state index contributed by atoms with van der Waals surface area (Å²) in [4.78, 5) is 6.93. The van der Waals surface area contributed by atoms with E-state index in [0.717, 1.165) is 31.7 Å². The molecule has 0 saturated heterocycles. The normalized spacial score (nSPS) is 12.9. The summed E-state index contributed by atoms with van der Waals surface area (Å²) in [5.41, 5.74) is 2.26. The second kappa shape index (κ2) is 8.51. The maximum absolute atomic E-state index is 4.47. The van der Waals surface area contributed by atoms with Gasteiger partial charge >= 0.3 is 0 Å². The number of aromatic nitrogens is 1. The molecule has 3 nitrogen and oxygen atoms in total. The molecule has 4 heteroatoms. The van der Waals surface area contributed by atoms with Crippen LogP contribution in [0, 0.1) is 6.92 Å². The Morgan fingerprint density at radius 3 is 2.61 bits per heavy atom. The standard InChI is InChI=1S/C14H25N3S/c1-4-9-17(5-2)10-8-14(16-18)13-7-6-12(3)11-15-13/h6-7,11,14,16,18H,4-5,8-10H2,1-3H3. The molecule has 0 spiro atoms. The Hall–Kier alpha value is -0.580. The van der Waals surface area contributed by atoms with Gasteiger partial charge in [-0.1, -0.05) is 32.7 Å². The highest BCUT2D eigenvalue weighted by molar-refractivity contribution is 7.78. The maximum Gasteiger partial charge on any atom is 0.0603 e. The van der Waals surface area contributed by atoms with E-state index in [9.17, 15) is 0 Å². The smallest absolute Gasteiger partial charge is 0.0603 e. The average Bonchev–Trinajstić information content (AvgIpc) is 2.40. The Balaban J connectivity index is 2.53. The topological polar surface area (TPSA) is 28.2 Å². The minimum absolute atomic E-state index is 0.222. The summed E-state index contributed by atoms with van der Waals surface area (Å²) in [6.45, 7) is 9.84. The largest absolute Gasteiger partial charge is 0.304 e. The first-order valence-electron chi connectivity index (χ1n) is 6.75. The molecule has 1 aromatic rings. The van der Waals surface area contributed by atoms with Crippen LogP contribution in [0.5, 0.6) is 0 Å². The summed E-state index contributed by atoms with van der Waals surface area (Å²) in [6.07, 6.45) is 4.15. The molecule has 0 aliphatic heterocycles. The van der Waals surface area contributed by atoms with E-state index in [-0.39, 0.29) is 6.04 Å². The zero-order chi connectivity index (χ0) is 13.4. The summed E-state index contributed by atoms with van der Waals surface area (Å²) in [6, 6.07) is 4.41. The van der Waals surface area contributed by atoms with Gasteiger partial charge in [0, 0.05) is 12.7 Å². The Morgan fingerprint density at radius 1 is 1.33 bits per heavy atom. The Kier molecular flexibility index (Phi) is 7.32. The second-order valence-corrected chi connectivity index (χ2v) is 4.92. The lowest BCUT2D eigenvalue weighted by Crippen LogP contribution is -2.28. The predicted octanol–water partition coefficient (Wildman–Crippen LogP) is 2.99. The van der Waals surface area contributed by atoms with E-state index in [2.05, 4.69) is 60.3 Å². The number of pyridine rings is 1. The summed E-state index contributed by atoms with van der Waals surface area (Å²) in [5, 5.41) is 0. The summed E-state index contributed by atoms with van der Waals surface area (Å²) >= 11 is 4.23. The van der Waals surface area contributed by atoms with Crippen molar-refractivity contribution in [1.29, 1.82) is 0 Å². The van der Waals surface area contributed by atoms with Crippen LogP contribution in [-0.4, -0.2) is 29.5 Å². The van der Waals surface area contributed by atoms with Crippen molar-refractivity contribution in [1.82, 2.24) is 14.6 Å². The van der Waals surface area contributed by atoms with Gasteiger partial charge in [-0.2, -0.15) is 0 Å². The van der Waals surface area contributed by atoms with Gasteiger partial charge in [-0.25, -0.2) is 0 Å². The minimum atomic E-state index is 0.222. The Bertz CT molecular complexity index is 326. The van der Waals surface area contributed by atoms with Crippen molar-refractivity contribution >= 4 is 12.8 Å². The fourth-order valence-electron chi connectivity index (χ4n) is 2.02. The molecule has 1 N–H and O–H groups in total. The highest BCUT2D eigenvalue weighted by atomic mass is 32.1. The molecule has 0 saturated carbocycles. The highest BCUT2D eigenvalue weighted by Gasteiger charge is 2.12. The number of thiol groups is 1. The van der Waals surface area contributed by atoms with Crippen LogP contribution >= 0.6 is 12.8 Å². The number of hydrogen-bond acceptors (Lipinski definition) is 4. The third-order valence-electron chi connectivity index (χ3n) is 3.17. The quantitative estimate of drug-likeness (QED) is 0.709. The van der Waals surface area contributed by atoms with Gasteiger partial charge in [0.25, 0.3) is 0 Å². The molecule has 102 valence electrons. The van der Waals surface area contributed by atoms with Gasteiger partial charge in [-0.3, -0.25) is 9.71 Å². The van der Waals surface area contributed by atoms with Crippen molar-refractivity contribution in [3.63, 3.8) is 0 Å². The molecule has 1 aromatic heterocycles. The van der Waals surface area contributed by atoms with Crippen molar-refractivity contribution in [3.05, 3.63) is 29.6 Å². The second-order valence-electron chi connectivity index (χ2n) is 4.67. The average molecular weight is 267 g/mol. The first-order chi connectivity index (χ1) is 8.71. The molecule has 1 atom stereocenters. The lowest BCUT2D eigenvalue weighted by Gasteiger charge is -2.22. The number of rotatable bonds is 8. The molecule has 0 aromatic carbocycles. The van der Waals surface area contributed by atoms with Gasteiger partial charge in [0.15, 0.2) is 0 Å². The van der Waals surface area contributed by atoms with E-state index in [1.807, 2.05) is 6.20 Å². The van der Waals surface area contributed by atoms with E-state index >= 15 is 0 Å². The molecule has 0 amide bonds. The lowest BCUT2D eigenvalue weighted by atomic mass is 10.1. The summed E-state index contributed by atoms with van der Waals surface area (Å²) in [7, 11) is 0. The minimum Gasteiger partial charge on any atom is -0.304 e. The van der Waals surface area contributed by atoms with E-state index < -0.39 is 0 Å². The van der Waals surface area contributed by atoms with Crippen molar-refractivity contribution in [2.75, 3.05) is 19.6 Å². The molecule has 18 heavy (non-hydrogen) atoms. The highest BCUT2D eigenvalue weighted by Crippen LogP contribution is 2.16. The van der Waals surface area contributed by atoms with E-state index in [1.54, 1.807) is 0 Å². The molecule has 1 heterocycles. The Morgan fingerprint density at radius 2 is 2.11 bits per heavy atom. The zero-order valence-corrected chi connectivity index (χ0v) is 12.6. The third-order valence-corrected chi connectivity index (χ3v) is 3.48. The van der Waals surface area contributed by atoms with Gasteiger partial charge in [0.1, 0.15) is 0 Å². The van der Waals surface area contributed by atoms with Crippen LogP contribution in [-0.2, 0) is 0 Å². The summed E-state index contributed by atoms with van der Waals surface area (Å²) < 4.78 is 3.06. The lowest BCUT2D eigenvalue weighted by molar-refractivity contribution is 0.274. The van der Waals surface area contributed by atoms with Crippen LogP contribution in [0.4, 0.5) is 0 Å². The number of nitrogens with one attached hydrogen (secondary N) is 1. The van der Waals surface area contributed by atoms with Crippen LogP contribution in [0.1, 0.15) is 44.0 Å². The van der Waals surface area contributed by atoms with Gasteiger partial charge in [-0.15, -0.1) is 0 Å². The number of hydrogen-bond donors (Lipinski definition) is 2. The Labute approximate surface area is 117 Å². The fourth-order valence-corrected chi connectivity index (χ4v) is 2.28. The maximum atomic E-state index is 4.47. The fraction of sp³-hybridized carbons (Fsp3) is 0.643. The molecule has 0 bridgehead atoms. The van der Waals surface area contributed by atoms with Crippen molar-refractivity contribution in [3.8, 4) is 0 Å². The van der Waals surface area contributed by atoms with Crippen molar-refractivity contribution < 1.29 is 0 Å². The van der Waals surface area contributed by atoms with Crippen LogP contribution < -0.4 is 4.72 Å². The van der Waals surface area contributed by atoms with Crippen molar-refractivity contribution in [2.24, 2.45) is 0 Å². The van der Waals surface area contributed by atoms with E-state index in [4.69, 9.17) is 0 Å². The van der Waals surface area contributed by atoms with E-state index in [0.29, 0.717) is 0 Å². The van der Waals surface area contributed by atoms with Gasteiger partial charge in [0.2, 0.25) is 0 Å². The monoisotopic (exact) mass is 267 g/mol. The van der Waals surface area contributed by atoms with Crippen LogP contribution in [0.2, 0.25) is 0 Å². The predicted molar refractivity (Wildman–Crippen MR) is 80.9 cm³/mol.